The van der Waals surface area contributed by atoms with Gasteiger partial charge in [0.25, 0.3) is 0 Å². The zero-order chi connectivity index (χ0) is 13.5. The first-order chi connectivity index (χ1) is 9.33. The summed E-state index contributed by atoms with van der Waals surface area (Å²) in [4.78, 5) is 2.60. The third kappa shape index (κ3) is 5.06. The maximum Gasteiger partial charge on any atom is 0.0713 e. The number of piperidine rings is 1. The molecule has 1 saturated heterocycles. The molecule has 2 N–H and O–H groups in total. The van der Waals surface area contributed by atoms with Crippen LogP contribution in [0.1, 0.15) is 36.8 Å². The highest BCUT2D eigenvalue weighted by Gasteiger charge is 2.21. The fourth-order valence-corrected chi connectivity index (χ4v) is 3.01. The number of likely N-dealkylation sites (tertiary alicyclic amines) is 1. The van der Waals surface area contributed by atoms with E-state index in [1.165, 1.54) is 36.9 Å². The van der Waals surface area contributed by atoms with Gasteiger partial charge in [0.05, 0.1) is 6.61 Å². The Balaban J connectivity index is 0.00000200. The molecular weight excluding hydrogens is 272 g/mol. The largest absolute Gasteiger partial charge is 0.380 e. The molecule has 114 valence electrons. The Labute approximate surface area is 128 Å². The first-order valence-corrected chi connectivity index (χ1v) is 7.34. The quantitative estimate of drug-likeness (QED) is 0.877. The van der Waals surface area contributed by atoms with Crippen LogP contribution in [0.2, 0.25) is 0 Å². The first kappa shape index (κ1) is 17.4. The van der Waals surface area contributed by atoms with Crippen molar-refractivity contribution < 1.29 is 4.74 Å². The van der Waals surface area contributed by atoms with E-state index in [1.807, 2.05) is 0 Å². The number of halogens is 1. The van der Waals surface area contributed by atoms with Crippen LogP contribution in [0.4, 0.5) is 0 Å². The minimum atomic E-state index is 0. The second-order valence-electron chi connectivity index (χ2n) is 5.45. The van der Waals surface area contributed by atoms with Crippen LogP contribution in [0.5, 0.6) is 0 Å². The molecule has 20 heavy (non-hydrogen) atoms. The lowest BCUT2D eigenvalue weighted by Crippen LogP contribution is -2.40. The number of rotatable bonds is 6. The van der Waals surface area contributed by atoms with Crippen molar-refractivity contribution >= 4 is 12.4 Å². The van der Waals surface area contributed by atoms with Gasteiger partial charge in [-0.3, -0.25) is 4.90 Å². The molecule has 4 heteroatoms. The summed E-state index contributed by atoms with van der Waals surface area (Å²) in [5.74, 6) is 0. The molecule has 0 spiro atoms. The van der Waals surface area contributed by atoms with Crippen LogP contribution in [-0.4, -0.2) is 31.1 Å². The molecule has 0 amide bonds. The maximum atomic E-state index is 5.74. The lowest BCUT2D eigenvalue weighted by atomic mass is 9.98. The number of benzene rings is 1. The smallest absolute Gasteiger partial charge is 0.0713 e. The van der Waals surface area contributed by atoms with Crippen molar-refractivity contribution in [3.63, 3.8) is 0 Å². The molecule has 1 aliphatic rings. The molecule has 1 unspecified atom stereocenters. The van der Waals surface area contributed by atoms with E-state index < -0.39 is 0 Å². The van der Waals surface area contributed by atoms with E-state index in [2.05, 4.69) is 29.2 Å². The second-order valence-corrected chi connectivity index (χ2v) is 5.45. The Morgan fingerprint density at radius 1 is 1.30 bits per heavy atom. The van der Waals surface area contributed by atoms with Gasteiger partial charge in [0.15, 0.2) is 0 Å². The molecule has 0 bridgehead atoms. The summed E-state index contributed by atoms with van der Waals surface area (Å²) in [7, 11) is 1.74. The highest BCUT2D eigenvalue weighted by molar-refractivity contribution is 5.85. The molecule has 0 radical (unpaired) electrons. The van der Waals surface area contributed by atoms with Crippen LogP contribution >= 0.6 is 12.4 Å². The predicted molar refractivity (Wildman–Crippen MR) is 86.1 cm³/mol. The Morgan fingerprint density at radius 3 is 2.85 bits per heavy atom. The summed E-state index contributed by atoms with van der Waals surface area (Å²) in [5.41, 5.74) is 8.38. The standard InChI is InChI=1S/C16H26N2O.ClH/c1-19-13-15-6-4-5-14(11-15)12-18-10-3-2-7-16(18)8-9-17;/h4-6,11,16H,2-3,7-10,12-13,17H2,1H3;1H. The summed E-state index contributed by atoms with van der Waals surface area (Å²) in [6.45, 7) is 3.74. The number of nitrogens with two attached hydrogens (primary N) is 1. The van der Waals surface area contributed by atoms with E-state index in [-0.39, 0.29) is 12.4 Å². The normalized spacial score (nSPS) is 19.6. The van der Waals surface area contributed by atoms with Crippen molar-refractivity contribution in [2.75, 3.05) is 20.2 Å². The Bertz CT molecular complexity index is 384. The average molecular weight is 299 g/mol. The molecule has 1 aromatic rings. The highest BCUT2D eigenvalue weighted by Crippen LogP contribution is 2.22. The number of methoxy groups -OCH3 is 1. The van der Waals surface area contributed by atoms with Gasteiger partial charge in [0, 0.05) is 19.7 Å². The summed E-state index contributed by atoms with van der Waals surface area (Å²) >= 11 is 0. The summed E-state index contributed by atoms with van der Waals surface area (Å²) in [6.07, 6.45) is 5.09. The molecule has 0 saturated carbocycles. The minimum absolute atomic E-state index is 0. The molecule has 2 rings (SSSR count). The number of ether oxygens (including phenoxy) is 1. The van der Waals surface area contributed by atoms with Gasteiger partial charge in [-0.05, 0) is 43.5 Å². The fraction of sp³-hybridized carbons (Fsp3) is 0.625. The average Bonchev–Trinajstić information content (AvgIpc) is 2.42. The highest BCUT2D eigenvalue weighted by atomic mass is 35.5. The topological polar surface area (TPSA) is 38.5 Å². The lowest BCUT2D eigenvalue weighted by molar-refractivity contribution is 0.134. The van der Waals surface area contributed by atoms with E-state index in [0.717, 1.165) is 19.5 Å². The van der Waals surface area contributed by atoms with Crippen LogP contribution in [0.3, 0.4) is 0 Å². The van der Waals surface area contributed by atoms with Crippen LogP contribution in [0.15, 0.2) is 24.3 Å². The van der Waals surface area contributed by atoms with E-state index in [1.54, 1.807) is 7.11 Å². The van der Waals surface area contributed by atoms with Gasteiger partial charge in [0.1, 0.15) is 0 Å². The van der Waals surface area contributed by atoms with Crippen LogP contribution in [0.25, 0.3) is 0 Å². The molecule has 1 heterocycles. The van der Waals surface area contributed by atoms with E-state index >= 15 is 0 Å². The summed E-state index contributed by atoms with van der Waals surface area (Å²) < 4.78 is 5.20. The predicted octanol–water partition coefficient (Wildman–Crippen LogP) is 2.96. The van der Waals surface area contributed by atoms with Crippen molar-refractivity contribution in [3.05, 3.63) is 35.4 Å². The van der Waals surface area contributed by atoms with Gasteiger partial charge in [-0.25, -0.2) is 0 Å². The van der Waals surface area contributed by atoms with Gasteiger partial charge in [-0.15, -0.1) is 12.4 Å². The first-order valence-electron chi connectivity index (χ1n) is 7.34. The van der Waals surface area contributed by atoms with Crippen molar-refractivity contribution in [1.29, 1.82) is 0 Å². The molecule has 1 aliphatic heterocycles. The van der Waals surface area contributed by atoms with E-state index in [4.69, 9.17) is 10.5 Å². The van der Waals surface area contributed by atoms with Crippen molar-refractivity contribution in [2.24, 2.45) is 5.73 Å². The monoisotopic (exact) mass is 298 g/mol. The van der Waals surface area contributed by atoms with Gasteiger partial charge in [-0.1, -0.05) is 30.7 Å². The molecule has 1 atom stereocenters. The van der Waals surface area contributed by atoms with Crippen molar-refractivity contribution in [2.45, 2.75) is 44.9 Å². The van der Waals surface area contributed by atoms with Crippen molar-refractivity contribution in [3.8, 4) is 0 Å². The molecular formula is C16H27ClN2O. The maximum absolute atomic E-state index is 5.74. The lowest BCUT2D eigenvalue weighted by Gasteiger charge is -2.35. The molecule has 1 aromatic carbocycles. The van der Waals surface area contributed by atoms with E-state index in [9.17, 15) is 0 Å². The van der Waals surface area contributed by atoms with Gasteiger partial charge in [-0.2, -0.15) is 0 Å². The number of nitrogens with zero attached hydrogens (tertiary/aromatic N) is 1. The third-order valence-electron chi connectivity index (χ3n) is 3.94. The molecule has 0 aliphatic carbocycles. The minimum Gasteiger partial charge on any atom is -0.380 e. The van der Waals surface area contributed by atoms with Crippen LogP contribution in [-0.2, 0) is 17.9 Å². The van der Waals surface area contributed by atoms with Gasteiger partial charge >= 0.3 is 0 Å². The second kappa shape index (κ2) is 9.35. The summed E-state index contributed by atoms with van der Waals surface area (Å²) in [6, 6.07) is 9.40. The molecule has 0 aromatic heterocycles. The number of hydrogen-bond donors (Lipinski definition) is 1. The zero-order valence-corrected chi connectivity index (χ0v) is 13.2. The zero-order valence-electron chi connectivity index (χ0n) is 12.4. The molecule has 3 nitrogen and oxygen atoms in total. The summed E-state index contributed by atoms with van der Waals surface area (Å²) in [5, 5.41) is 0. The Hall–Kier alpha value is -0.610. The van der Waals surface area contributed by atoms with Crippen molar-refractivity contribution in [1.82, 2.24) is 4.90 Å². The van der Waals surface area contributed by atoms with Gasteiger partial charge in [0.2, 0.25) is 0 Å². The van der Waals surface area contributed by atoms with E-state index in [0.29, 0.717) is 12.6 Å². The van der Waals surface area contributed by atoms with Gasteiger partial charge < -0.3 is 10.5 Å². The molecule has 1 fully saturated rings. The number of hydrogen-bond acceptors (Lipinski definition) is 3. The SMILES string of the molecule is COCc1cccc(CN2CCCCC2CCN)c1.Cl. The Morgan fingerprint density at radius 2 is 2.10 bits per heavy atom. The van der Waals surface area contributed by atoms with Crippen LogP contribution < -0.4 is 5.73 Å². The fourth-order valence-electron chi connectivity index (χ4n) is 3.01. The third-order valence-corrected chi connectivity index (χ3v) is 3.94. The van der Waals surface area contributed by atoms with Crippen LogP contribution in [0, 0.1) is 0 Å². The Kier molecular flexibility index (Phi) is 8.15.